The van der Waals surface area contributed by atoms with E-state index in [1.807, 2.05) is 13.8 Å². The standard InChI is InChI=1S/C9H13FN2/c1-6(2)12-9-4-7(3)8(10)5-11-9/h4-6H,1-3H3,(H,11,12). The van der Waals surface area contributed by atoms with E-state index in [9.17, 15) is 4.39 Å². The minimum atomic E-state index is -0.260. The highest BCUT2D eigenvalue weighted by Crippen LogP contribution is 2.10. The van der Waals surface area contributed by atoms with Gasteiger partial charge in [-0.2, -0.15) is 0 Å². The van der Waals surface area contributed by atoms with Crippen LogP contribution in [-0.2, 0) is 0 Å². The van der Waals surface area contributed by atoms with Gasteiger partial charge in [0.25, 0.3) is 0 Å². The number of hydrogen-bond donors (Lipinski definition) is 1. The molecule has 0 aliphatic rings. The number of anilines is 1. The predicted molar refractivity (Wildman–Crippen MR) is 47.7 cm³/mol. The third-order valence-corrected chi connectivity index (χ3v) is 1.48. The summed E-state index contributed by atoms with van der Waals surface area (Å²) in [5, 5.41) is 3.10. The first-order valence-corrected chi connectivity index (χ1v) is 3.98. The fourth-order valence-corrected chi connectivity index (χ4v) is 0.914. The summed E-state index contributed by atoms with van der Waals surface area (Å²) in [6, 6.07) is 2.03. The van der Waals surface area contributed by atoms with Gasteiger partial charge < -0.3 is 5.32 Å². The van der Waals surface area contributed by atoms with E-state index < -0.39 is 0 Å². The number of halogens is 1. The van der Waals surface area contributed by atoms with Crippen LogP contribution in [0.5, 0.6) is 0 Å². The van der Waals surface area contributed by atoms with Gasteiger partial charge in [0.1, 0.15) is 11.6 Å². The molecule has 0 saturated carbocycles. The first kappa shape index (κ1) is 8.97. The van der Waals surface area contributed by atoms with Gasteiger partial charge in [-0.3, -0.25) is 0 Å². The summed E-state index contributed by atoms with van der Waals surface area (Å²) in [5.74, 6) is 0.466. The topological polar surface area (TPSA) is 24.9 Å². The lowest BCUT2D eigenvalue weighted by molar-refractivity contribution is 0.612. The van der Waals surface area contributed by atoms with Gasteiger partial charge >= 0.3 is 0 Å². The van der Waals surface area contributed by atoms with Crippen LogP contribution in [0.25, 0.3) is 0 Å². The molecule has 0 spiro atoms. The van der Waals surface area contributed by atoms with Gasteiger partial charge in [0, 0.05) is 6.04 Å². The second kappa shape index (κ2) is 3.52. The Balaban J connectivity index is 2.82. The first-order valence-electron chi connectivity index (χ1n) is 3.98. The average Bonchev–Trinajstić information content (AvgIpc) is 1.96. The highest BCUT2D eigenvalue weighted by atomic mass is 19.1. The van der Waals surface area contributed by atoms with Crippen molar-refractivity contribution in [3.8, 4) is 0 Å². The number of nitrogens with zero attached hydrogens (tertiary/aromatic N) is 1. The Bertz CT molecular complexity index is 271. The van der Waals surface area contributed by atoms with Crippen molar-refractivity contribution >= 4 is 5.82 Å². The van der Waals surface area contributed by atoms with Crippen molar-refractivity contribution in [3.05, 3.63) is 23.6 Å². The number of aryl methyl sites for hydroxylation is 1. The molecule has 1 aromatic heterocycles. The number of nitrogens with one attached hydrogen (secondary N) is 1. The Morgan fingerprint density at radius 3 is 2.67 bits per heavy atom. The SMILES string of the molecule is Cc1cc(NC(C)C)ncc1F. The van der Waals surface area contributed by atoms with Gasteiger partial charge in [0.2, 0.25) is 0 Å². The number of pyridine rings is 1. The van der Waals surface area contributed by atoms with Gasteiger partial charge in [-0.05, 0) is 32.4 Å². The van der Waals surface area contributed by atoms with Crippen LogP contribution < -0.4 is 5.32 Å². The van der Waals surface area contributed by atoms with Gasteiger partial charge in [-0.25, -0.2) is 9.37 Å². The minimum absolute atomic E-state index is 0.260. The second-order valence-corrected chi connectivity index (χ2v) is 3.12. The molecule has 0 amide bonds. The molecule has 0 unspecified atom stereocenters. The smallest absolute Gasteiger partial charge is 0.144 e. The van der Waals surface area contributed by atoms with E-state index in [2.05, 4.69) is 10.3 Å². The van der Waals surface area contributed by atoms with Crippen molar-refractivity contribution in [2.45, 2.75) is 26.8 Å². The summed E-state index contributed by atoms with van der Waals surface area (Å²) in [6.07, 6.45) is 1.24. The zero-order valence-electron chi connectivity index (χ0n) is 7.56. The van der Waals surface area contributed by atoms with Gasteiger partial charge in [0.15, 0.2) is 0 Å². The third-order valence-electron chi connectivity index (χ3n) is 1.48. The van der Waals surface area contributed by atoms with Crippen molar-refractivity contribution in [1.82, 2.24) is 4.98 Å². The van der Waals surface area contributed by atoms with Crippen LogP contribution in [-0.4, -0.2) is 11.0 Å². The molecule has 0 radical (unpaired) electrons. The lowest BCUT2D eigenvalue weighted by Crippen LogP contribution is -2.11. The molecule has 3 heteroatoms. The van der Waals surface area contributed by atoms with Crippen LogP contribution in [0.2, 0.25) is 0 Å². The van der Waals surface area contributed by atoms with E-state index >= 15 is 0 Å². The van der Waals surface area contributed by atoms with Crippen molar-refractivity contribution in [3.63, 3.8) is 0 Å². The third kappa shape index (κ3) is 2.19. The van der Waals surface area contributed by atoms with Crippen LogP contribution >= 0.6 is 0 Å². The summed E-state index contributed by atoms with van der Waals surface area (Å²) < 4.78 is 12.7. The van der Waals surface area contributed by atoms with Crippen LogP contribution in [0.15, 0.2) is 12.3 Å². The fourth-order valence-electron chi connectivity index (χ4n) is 0.914. The molecular weight excluding hydrogens is 155 g/mol. The summed E-state index contributed by atoms with van der Waals surface area (Å²) in [5.41, 5.74) is 0.619. The summed E-state index contributed by atoms with van der Waals surface area (Å²) in [4.78, 5) is 3.89. The van der Waals surface area contributed by atoms with Crippen LogP contribution in [0, 0.1) is 12.7 Å². The van der Waals surface area contributed by atoms with Crippen LogP contribution in [0.1, 0.15) is 19.4 Å². The van der Waals surface area contributed by atoms with Gasteiger partial charge in [0.05, 0.1) is 6.20 Å². The van der Waals surface area contributed by atoms with E-state index in [-0.39, 0.29) is 5.82 Å². The number of rotatable bonds is 2. The van der Waals surface area contributed by atoms with E-state index in [1.54, 1.807) is 13.0 Å². The summed E-state index contributed by atoms with van der Waals surface area (Å²) in [7, 11) is 0. The Labute approximate surface area is 71.8 Å². The second-order valence-electron chi connectivity index (χ2n) is 3.12. The molecule has 0 aliphatic carbocycles. The molecule has 0 aromatic carbocycles. The van der Waals surface area contributed by atoms with Crippen molar-refractivity contribution < 1.29 is 4.39 Å². The Kier molecular flexibility index (Phi) is 2.63. The van der Waals surface area contributed by atoms with E-state index in [0.717, 1.165) is 5.82 Å². The molecule has 1 rings (SSSR count). The Morgan fingerprint density at radius 2 is 2.17 bits per heavy atom. The zero-order valence-corrected chi connectivity index (χ0v) is 7.56. The molecule has 0 bridgehead atoms. The molecular formula is C9H13FN2. The maximum Gasteiger partial charge on any atom is 0.144 e. The largest absolute Gasteiger partial charge is 0.368 e. The van der Waals surface area contributed by atoms with Gasteiger partial charge in [-0.1, -0.05) is 0 Å². The average molecular weight is 168 g/mol. The minimum Gasteiger partial charge on any atom is -0.368 e. The van der Waals surface area contributed by atoms with Crippen molar-refractivity contribution in [1.29, 1.82) is 0 Å². The maximum absolute atomic E-state index is 12.7. The molecule has 1 aromatic rings. The van der Waals surface area contributed by atoms with Crippen molar-refractivity contribution in [2.24, 2.45) is 0 Å². The highest BCUT2D eigenvalue weighted by molar-refractivity contribution is 5.38. The molecule has 1 N–H and O–H groups in total. The molecule has 0 atom stereocenters. The monoisotopic (exact) mass is 168 g/mol. The van der Waals surface area contributed by atoms with Crippen LogP contribution in [0.3, 0.4) is 0 Å². The molecule has 2 nitrogen and oxygen atoms in total. The summed E-state index contributed by atoms with van der Waals surface area (Å²) in [6.45, 7) is 5.75. The lowest BCUT2D eigenvalue weighted by Gasteiger charge is -2.08. The van der Waals surface area contributed by atoms with E-state index in [1.165, 1.54) is 6.20 Å². The molecule has 0 saturated heterocycles. The quantitative estimate of drug-likeness (QED) is 0.733. The molecule has 1 heterocycles. The normalized spacial score (nSPS) is 10.4. The number of hydrogen-bond acceptors (Lipinski definition) is 2. The highest BCUT2D eigenvalue weighted by Gasteiger charge is 2.00. The van der Waals surface area contributed by atoms with Crippen LogP contribution in [0.4, 0.5) is 10.2 Å². The summed E-state index contributed by atoms with van der Waals surface area (Å²) >= 11 is 0. The molecule has 66 valence electrons. The zero-order chi connectivity index (χ0) is 9.14. The Morgan fingerprint density at radius 1 is 1.50 bits per heavy atom. The first-order chi connectivity index (χ1) is 5.59. The van der Waals surface area contributed by atoms with E-state index in [4.69, 9.17) is 0 Å². The van der Waals surface area contributed by atoms with Crippen molar-refractivity contribution in [2.75, 3.05) is 5.32 Å². The predicted octanol–water partition coefficient (Wildman–Crippen LogP) is 2.35. The maximum atomic E-state index is 12.7. The molecule has 0 aliphatic heterocycles. The Hall–Kier alpha value is -1.12. The fraction of sp³-hybridized carbons (Fsp3) is 0.444. The lowest BCUT2D eigenvalue weighted by atomic mass is 10.3. The van der Waals surface area contributed by atoms with Gasteiger partial charge in [-0.15, -0.1) is 0 Å². The number of aromatic nitrogens is 1. The molecule has 12 heavy (non-hydrogen) atoms. The molecule has 0 fully saturated rings. The van der Waals surface area contributed by atoms with E-state index in [0.29, 0.717) is 11.6 Å².